The number of aliphatic hydroxyl groups is 1. The largest absolute Gasteiger partial charge is 0.393 e. The molecule has 0 saturated heterocycles. The second-order valence-corrected chi connectivity index (χ2v) is 14.1. The molecule has 2 saturated carbocycles. The monoisotopic (exact) mass is 622 g/mol. The number of aliphatic hydroxyl groups excluding tert-OH is 1. The molecule has 0 bridgehead atoms. The molecule has 7 atom stereocenters. The van der Waals surface area contributed by atoms with E-state index < -0.39 is 40.2 Å². The van der Waals surface area contributed by atoms with Crippen molar-refractivity contribution in [1.29, 1.82) is 0 Å². The third-order valence-electron chi connectivity index (χ3n) is 8.73. The Balaban J connectivity index is 1.58. The van der Waals surface area contributed by atoms with Crippen molar-refractivity contribution in [1.82, 2.24) is 14.9 Å². The third-order valence-corrected chi connectivity index (χ3v) is 10.0. The fraction of sp³-hybridized carbons (Fsp3) is 0.517. The van der Waals surface area contributed by atoms with Gasteiger partial charge in [0.1, 0.15) is 0 Å². The lowest BCUT2D eigenvalue weighted by Gasteiger charge is -2.49. The van der Waals surface area contributed by atoms with E-state index in [-0.39, 0.29) is 23.8 Å². The van der Waals surface area contributed by atoms with Gasteiger partial charge in [-0.1, -0.05) is 60.3 Å². The molecule has 5 N–H and O–H groups in total. The van der Waals surface area contributed by atoms with Crippen LogP contribution in [0.4, 0.5) is 0 Å². The van der Waals surface area contributed by atoms with Crippen molar-refractivity contribution in [3.05, 3.63) is 69.2 Å². The molecule has 9 nitrogen and oxygen atoms in total. The Morgan fingerprint density at radius 1 is 1.12 bits per heavy atom. The average Bonchev–Trinajstić information content (AvgIpc) is 2.91. The predicted molar refractivity (Wildman–Crippen MR) is 158 cm³/mol. The van der Waals surface area contributed by atoms with Gasteiger partial charge >= 0.3 is 0 Å². The molecule has 1 heterocycles. The molecular weight excluding hydrogens is 587 g/mol. The van der Waals surface area contributed by atoms with Crippen LogP contribution in [0, 0.1) is 5.92 Å². The van der Waals surface area contributed by atoms with Gasteiger partial charge in [0.05, 0.1) is 24.3 Å². The van der Waals surface area contributed by atoms with Crippen LogP contribution in [-0.4, -0.2) is 67.3 Å². The molecule has 2 amide bonds. The van der Waals surface area contributed by atoms with Gasteiger partial charge in [0, 0.05) is 46.2 Å². The SMILES string of the molecule is CS(=O)(=O)N[C@H]1CCCC[C@@H]1N1C(=O)c2ccccc2[C@@H](C(=O)NCCC2C(N)CC2O)[C@@H]1c1ccc(Cl)cc1Cl. The fourth-order valence-corrected chi connectivity index (χ4v) is 8.07. The lowest BCUT2D eigenvalue weighted by molar-refractivity contribution is -0.124. The predicted octanol–water partition coefficient (Wildman–Crippen LogP) is 3.35. The van der Waals surface area contributed by atoms with Crippen molar-refractivity contribution in [2.45, 2.75) is 74.7 Å². The second-order valence-electron chi connectivity index (χ2n) is 11.4. The number of nitrogens with zero attached hydrogens (tertiary/aromatic N) is 1. The van der Waals surface area contributed by atoms with Gasteiger partial charge in [0.2, 0.25) is 15.9 Å². The van der Waals surface area contributed by atoms with E-state index in [0.29, 0.717) is 59.0 Å². The van der Waals surface area contributed by atoms with Crippen LogP contribution in [0.2, 0.25) is 10.0 Å². The summed E-state index contributed by atoms with van der Waals surface area (Å²) >= 11 is 13.0. The number of nitrogens with one attached hydrogen (secondary N) is 2. The van der Waals surface area contributed by atoms with Gasteiger partial charge in [-0.2, -0.15) is 0 Å². The van der Waals surface area contributed by atoms with Crippen LogP contribution in [-0.2, 0) is 14.8 Å². The number of nitrogens with two attached hydrogens (primary N) is 1. The van der Waals surface area contributed by atoms with Gasteiger partial charge in [-0.25, -0.2) is 13.1 Å². The van der Waals surface area contributed by atoms with E-state index in [1.165, 1.54) is 0 Å². The first-order valence-electron chi connectivity index (χ1n) is 14.0. The van der Waals surface area contributed by atoms with E-state index in [1.54, 1.807) is 47.4 Å². The van der Waals surface area contributed by atoms with E-state index in [1.807, 2.05) is 0 Å². The zero-order chi connectivity index (χ0) is 29.5. The molecule has 12 heteroatoms. The maximum absolute atomic E-state index is 14.3. The zero-order valence-corrected chi connectivity index (χ0v) is 25.1. The summed E-state index contributed by atoms with van der Waals surface area (Å²) in [6.07, 6.45) is 4.46. The number of fused-ring (bicyclic) bond motifs is 1. The highest BCUT2D eigenvalue weighted by Crippen LogP contribution is 2.48. The Morgan fingerprint density at radius 2 is 1.85 bits per heavy atom. The molecule has 5 rings (SSSR count). The van der Waals surface area contributed by atoms with E-state index in [0.717, 1.165) is 19.1 Å². The van der Waals surface area contributed by atoms with Gasteiger partial charge in [-0.15, -0.1) is 0 Å². The van der Waals surface area contributed by atoms with Crippen LogP contribution < -0.4 is 15.8 Å². The minimum Gasteiger partial charge on any atom is -0.393 e. The summed E-state index contributed by atoms with van der Waals surface area (Å²) < 4.78 is 27.4. The quantitative estimate of drug-likeness (QED) is 0.356. The summed E-state index contributed by atoms with van der Waals surface area (Å²) in [7, 11) is -3.57. The molecule has 41 heavy (non-hydrogen) atoms. The van der Waals surface area contributed by atoms with Crippen molar-refractivity contribution in [2.24, 2.45) is 11.7 Å². The van der Waals surface area contributed by atoms with Gasteiger partial charge in [0.15, 0.2) is 0 Å². The van der Waals surface area contributed by atoms with Gasteiger partial charge in [-0.05, 0) is 55.0 Å². The zero-order valence-electron chi connectivity index (χ0n) is 22.8. The second kappa shape index (κ2) is 12.2. The minimum absolute atomic E-state index is 0.0846. The summed E-state index contributed by atoms with van der Waals surface area (Å²) in [4.78, 5) is 30.1. The number of rotatable bonds is 8. The number of hydrogen-bond acceptors (Lipinski definition) is 6. The van der Waals surface area contributed by atoms with Gasteiger partial charge < -0.3 is 21.1 Å². The number of carbonyl (C=O) groups excluding carboxylic acids is 2. The van der Waals surface area contributed by atoms with Crippen LogP contribution >= 0.6 is 23.2 Å². The molecule has 0 aromatic heterocycles. The Labute approximate surface area is 250 Å². The highest BCUT2D eigenvalue weighted by Gasteiger charge is 2.49. The van der Waals surface area contributed by atoms with E-state index in [9.17, 15) is 23.1 Å². The lowest BCUT2D eigenvalue weighted by Crippen LogP contribution is -2.59. The Bertz CT molecular complexity index is 1420. The molecule has 2 aliphatic carbocycles. The molecule has 0 radical (unpaired) electrons. The van der Waals surface area contributed by atoms with Crippen LogP contribution in [0.15, 0.2) is 42.5 Å². The van der Waals surface area contributed by atoms with E-state index in [4.69, 9.17) is 28.9 Å². The number of sulfonamides is 1. The van der Waals surface area contributed by atoms with Crippen molar-refractivity contribution in [2.75, 3.05) is 12.8 Å². The van der Waals surface area contributed by atoms with E-state index >= 15 is 0 Å². The topological polar surface area (TPSA) is 142 Å². The smallest absolute Gasteiger partial charge is 0.255 e. The number of carbonyl (C=O) groups is 2. The summed E-state index contributed by atoms with van der Waals surface area (Å²) in [5.41, 5.74) is 7.57. The molecule has 2 aromatic carbocycles. The van der Waals surface area contributed by atoms with Crippen molar-refractivity contribution < 1.29 is 23.1 Å². The number of halogens is 2. The highest BCUT2D eigenvalue weighted by molar-refractivity contribution is 7.88. The maximum Gasteiger partial charge on any atom is 0.255 e. The third kappa shape index (κ3) is 6.28. The molecule has 1 aliphatic heterocycles. The van der Waals surface area contributed by atoms with Crippen LogP contribution in [0.25, 0.3) is 0 Å². The molecule has 2 fully saturated rings. The first kappa shape index (κ1) is 30.3. The summed E-state index contributed by atoms with van der Waals surface area (Å²) in [6.45, 7) is 0.309. The lowest BCUT2D eigenvalue weighted by atomic mass is 9.75. The summed E-state index contributed by atoms with van der Waals surface area (Å²) in [5.74, 6) is -1.49. The summed E-state index contributed by atoms with van der Waals surface area (Å²) in [6, 6.07) is 10.1. The van der Waals surface area contributed by atoms with Crippen LogP contribution in [0.5, 0.6) is 0 Å². The van der Waals surface area contributed by atoms with Gasteiger partial charge in [0.25, 0.3) is 5.91 Å². The fourth-order valence-electron chi connectivity index (χ4n) is 6.72. The van der Waals surface area contributed by atoms with Crippen LogP contribution in [0.1, 0.15) is 72.0 Å². The Kier molecular flexibility index (Phi) is 8.99. The average molecular weight is 624 g/mol. The molecule has 3 aliphatic rings. The van der Waals surface area contributed by atoms with Crippen molar-refractivity contribution in [3.8, 4) is 0 Å². The van der Waals surface area contributed by atoms with Gasteiger partial charge in [-0.3, -0.25) is 9.59 Å². The first-order chi connectivity index (χ1) is 19.5. The normalized spacial score (nSPS) is 29.9. The molecule has 3 unspecified atom stereocenters. The van der Waals surface area contributed by atoms with Crippen molar-refractivity contribution >= 4 is 45.0 Å². The van der Waals surface area contributed by atoms with Crippen molar-refractivity contribution in [3.63, 3.8) is 0 Å². The number of benzene rings is 2. The standard InChI is InChI=1S/C29H36Cl2N4O5S/c1-41(39,40)34-23-8-4-5-9-24(23)35-27(19-11-10-16(30)14-21(19)31)26(17-6-2-3-7-18(17)29(35)38)28(37)33-13-12-20-22(32)15-25(20)36/h2-3,6-7,10-11,14,20,22-27,34,36H,4-5,8-9,12-13,15,32H2,1H3,(H,33,37)/t20?,22?,23-,24-,25?,26+,27-/m0/s1. The molecule has 222 valence electrons. The number of amides is 2. The van der Waals surface area contributed by atoms with E-state index in [2.05, 4.69) is 10.0 Å². The molecule has 0 spiro atoms. The molecule has 2 aromatic rings. The Hall–Kier alpha value is -2.21. The van der Waals surface area contributed by atoms with Crippen LogP contribution in [0.3, 0.4) is 0 Å². The highest BCUT2D eigenvalue weighted by atomic mass is 35.5. The first-order valence-corrected chi connectivity index (χ1v) is 16.7. The molecular formula is C29H36Cl2N4O5S. The Morgan fingerprint density at radius 3 is 2.54 bits per heavy atom. The number of hydrogen-bond donors (Lipinski definition) is 4. The summed E-state index contributed by atoms with van der Waals surface area (Å²) in [5, 5.41) is 13.8. The minimum atomic E-state index is -3.57. The maximum atomic E-state index is 14.3.